The van der Waals surface area contributed by atoms with Crippen LogP contribution in [0.4, 0.5) is 0 Å². The Kier molecular flexibility index (Phi) is 2.66. The number of aliphatic hydroxyl groups excluding tert-OH is 1. The second-order valence-electron chi connectivity index (χ2n) is 3.59. The zero-order chi connectivity index (χ0) is 11.7. The normalized spacial score (nSPS) is 10.9. The van der Waals surface area contributed by atoms with Crippen molar-refractivity contribution in [3.63, 3.8) is 0 Å². The minimum atomic E-state index is -0.942. The van der Waals surface area contributed by atoms with Crippen molar-refractivity contribution >= 4 is 16.9 Å². The SMILES string of the molecule is CCn1c(CO)cc2cccc(C(=O)O)c21. The van der Waals surface area contributed by atoms with Gasteiger partial charge in [-0.1, -0.05) is 12.1 Å². The number of carboxylic acid groups (broad SMARTS) is 1. The van der Waals surface area contributed by atoms with Crippen molar-refractivity contribution in [1.82, 2.24) is 4.57 Å². The molecule has 0 radical (unpaired) electrons. The number of benzene rings is 1. The van der Waals surface area contributed by atoms with E-state index in [4.69, 9.17) is 5.11 Å². The lowest BCUT2D eigenvalue weighted by molar-refractivity contribution is 0.0698. The Balaban J connectivity index is 2.84. The molecule has 1 aromatic heterocycles. The summed E-state index contributed by atoms with van der Waals surface area (Å²) in [6, 6.07) is 6.98. The minimum absolute atomic E-state index is 0.0818. The van der Waals surface area contributed by atoms with E-state index in [2.05, 4.69) is 0 Å². The number of hydrogen-bond acceptors (Lipinski definition) is 2. The monoisotopic (exact) mass is 219 g/mol. The first kappa shape index (κ1) is 10.7. The zero-order valence-corrected chi connectivity index (χ0v) is 8.97. The number of rotatable bonds is 3. The van der Waals surface area contributed by atoms with Crippen LogP contribution in [0.3, 0.4) is 0 Å². The number of aromatic carboxylic acids is 1. The van der Waals surface area contributed by atoms with Crippen molar-refractivity contribution in [3.05, 3.63) is 35.5 Å². The Bertz CT molecular complexity index is 542. The number of carbonyl (C=O) groups is 1. The highest BCUT2D eigenvalue weighted by Gasteiger charge is 2.14. The van der Waals surface area contributed by atoms with Crippen LogP contribution in [-0.2, 0) is 13.2 Å². The Labute approximate surface area is 92.7 Å². The van der Waals surface area contributed by atoms with Crippen molar-refractivity contribution in [1.29, 1.82) is 0 Å². The molecule has 4 heteroatoms. The molecule has 0 saturated heterocycles. The van der Waals surface area contributed by atoms with Gasteiger partial charge in [-0.15, -0.1) is 0 Å². The molecule has 0 bridgehead atoms. The quantitative estimate of drug-likeness (QED) is 0.828. The molecule has 0 aliphatic heterocycles. The summed E-state index contributed by atoms with van der Waals surface area (Å²) < 4.78 is 1.83. The van der Waals surface area contributed by atoms with Crippen molar-refractivity contribution in [2.45, 2.75) is 20.1 Å². The molecule has 0 amide bonds. The summed E-state index contributed by atoms with van der Waals surface area (Å²) in [5.74, 6) is -0.942. The molecule has 84 valence electrons. The minimum Gasteiger partial charge on any atom is -0.478 e. The van der Waals surface area contributed by atoms with E-state index >= 15 is 0 Å². The number of carboxylic acids is 1. The molecule has 0 aliphatic rings. The van der Waals surface area contributed by atoms with Gasteiger partial charge in [0.2, 0.25) is 0 Å². The van der Waals surface area contributed by atoms with Crippen LogP contribution in [0.15, 0.2) is 24.3 Å². The third-order valence-corrected chi connectivity index (χ3v) is 2.71. The lowest BCUT2D eigenvalue weighted by Crippen LogP contribution is -2.05. The number of aliphatic hydroxyl groups is 1. The Morgan fingerprint density at radius 2 is 2.19 bits per heavy atom. The molecule has 0 aliphatic carbocycles. The topological polar surface area (TPSA) is 62.5 Å². The average Bonchev–Trinajstić information content (AvgIpc) is 2.65. The summed E-state index contributed by atoms with van der Waals surface area (Å²) in [4.78, 5) is 11.1. The van der Waals surface area contributed by atoms with Crippen LogP contribution in [0.25, 0.3) is 10.9 Å². The van der Waals surface area contributed by atoms with Gasteiger partial charge in [0.1, 0.15) is 0 Å². The van der Waals surface area contributed by atoms with E-state index in [9.17, 15) is 9.90 Å². The third-order valence-electron chi connectivity index (χ3n) is 2.71. The molecular weight excluding hydrogens is 206 g/mol. The van der Waals surface area contributed by atoms with E-state index in [1.807, 2.05) is 23.6 Å². The molecule has 2 N–H and O–H groups in total. The maximum absolute atomic E-state index is 11.1. The molecule has 16 heavy (non-hydrogen) atoms. The second kappa shape index (κ2) is 3.98. The second-order valence-corrected chi connectivity index (χ2v) is 3.59. The van der Waals surface area contributed by atoms with Gasteiger partial charge in [-0.25, -0.2) is 4.79 Å². The number of hydrogen-bond donors (Lipinski definition) is 2. The first-order chi connectivity index (χ1) is 7.69. The van der Waals surface area contributed by atoms with Gasteiger partial charge in [-0.2, -0.15) is 0 Å². The molecule has 0 unspecified atom stereocenters. The van der Waals surface area contributed by atoms with E-state index in [0.717, 1.165) is 11.1 Å². The lowest BCUT2D eigenvalue weighted by Gasteiger charge is -2.07. The number of nitrogens with zero attached hydrogens (tertiary/aromatic N) is 1. The van der Waals surface area contributed by atoms with E-state index in [1.165, 1.54) is 0 Å². The summed E-state index contributed by atoms with van der Waals surface area (Å²) in [7, 11) is 0. The van der Waals surface area contributed by atoms with Crippen LogP contribution in [0.5, 0.6) is 0 Å². The fourth-order valence-corrected chi connectivity index (χ4v) is 2.04. The number of aryl methyl sites for hydroxylation is 1. The largest absolute Gasteiger partial charge is 0.478 e. The maximum Gasteiger partial charge on any atom is 0.337 e. The van der Waals surface area contributed by atoms with Gasteiger partial charge in [0, 0.05) is 17.6 Å². The van der Waals surface area contributed by atoms with Gasteiger partial charge in [-0.05, 0) is 19.1 Å². The summed E-state index contributed by atoms with van der Waals surface area (Å²) in [5, 5.41) is 19.2. The Hall–Kier alpha value is -1.81. The summed E-state index contributed by atoms with van der Waals surface area (Å²) >= 11 is 0. The Morgan fingerprint density at radius 1 is 1.44 bits per heavy atom. The van der Waals surface area contributed by atoms with Crippen LogP contribution < -0.4 is 0 Å². The van der Waals surface area contributed by atoms with Gasteiger partial charge < -0.3 is 14.8 Å². The highest BCUT2D eigenvalue weighted by molar-refractivity contribution is 6.02. The third kappa shape index (κ3) is 1.47. The van der Waals surface area contributed by atoms with Gasteiger partial charge in [-0.3, -0.25) is 0 Å². The average molecular weight is 219 g/mol. The first-order valence-electron chi connectivity index (χ1n) is 5.14. The fourth-order valence-electron chi connectivity index (χ4n) is 2.04. The van der Waals surface area contributed by atoms with Gasteiger partial charge in [0.15, 0.2) is 0 Å². The summed E-state index contributed by atoms with van der Waals surface area (Å²) in [6.07, 6.45) is 0. The van der Waals surface area contributed by atoms with Gasteiger partial charge in [0.05, 0.1) is 17.7 Å². The van der Waals surface area contributed by atoms with Crippen molar-refractivity contribution < 1.29 is 15.0 Å². The highest BCUT2D eigenvalue weighted by atomic mass is 16.4. The van der Waals surface area contributed by atoms with E-state index in [0.29, 0.717) is 12.1 Å². The van der Waals surface area contributed by atoms with Crippen LogP contribution in [0.2, 0.25) is 0 Å². The van der Waals surface area contributed by atoms with E-state index in [1.54, 1.807) is 12.1 Å². The van der Waals surface area contributed by atoms with Crippen molar-refractivity contribution in [2.75, 3.05) is 0 Å². The molecule has 1 aromatic carbocycles. The first-order valence-corrected chi connectivity index (χ1v) is 5.14. The van der Waals surface area contributed by atoms with Crippen LogP contribution in [0.1, 0.15) is 23.0 Å². The van der Waals surface area contributed by atoms with Crippen LogP contribution in [-0.4, -0.2) is 20.7 Å². The number of aromatic nitrogens is 1. The number of fused-ring (bicyclic) bond motifs is 1. The Morgan fingerprint density at radius 3 is 2.75 bits per heavy atom. The molecule has 0 atom stereocenters. The molecule has 1 heterocycles. The van der Waals surface area contributed by atoms with Crippen LogP contribution in [0, 0.1) is 0 Å². The molecule has 2 aromatic rings. The smallest absolute Gasteiger partial charge is 0.337 e. The predicted octanol–water partition coefficient (Wildman–Crippen LogP) is 1.85. The molecule has 0 spiro atoms. The van der Waals surface area contributed by atoms with Crippen molar-refractivity contribution in [2.24, 2.45) is 0 Å². The number of para-hydroxylation sites is 1. The van der Waals surface area contributed by atoms with Crippen molar-refractivity contribution in [3.8, 4) is 0 Å². The summed E-state index contributed by atoms with van der Waals surface area (Å²) in [6.45, 7) is 2.49. The van der Waals surface area contributed by atoms with Gasteiger partial charge in [0.25, 0.3) is 0 Å². The van der Waals surface area contributed by atoms with E-state index < -0.39 is 5.97 Å². The zero-order valence-electron chi connectivity index (χ0n) is 8.97. The standard InChI is InChI=1S/C12H13NO3/c1-2-13-9(7-14)6-8-4-3-5-10(11(8)13)12(15)16/h3-6,14H,2,7H2,1H3,(H,15,16). The predicted molar refractivity (Wildman–Crippen MR) is 60.5 cm³/mol. The summed E-state index contributed by atoms with van der Waals surface area (Å²) in [5.41, 5.74) is 1.70. The maximum atomic E-state index is 11.1. The lowest BCUT2D eigenvalue weighted by atomic mass is 10.1. The highest BCUT2D eigenvalue weighted by Crippen LogP contribution is 2.23. The fraction of sp³-hybridized carbons (Fsp3) is 0.250. The molecule has 4 nitrogen and oxygen atoms in total. The molecule has 0 saturated carbocycles. The molecule has 0 fully saturated rings. The molecule has 2 rings (SSSR count). The molecular formula is C12H13NO3. The van der Waals surface area contributed by atoms with Crippen LogP contribution >= 0.6 is 0 Å². The van der Waals surface area contributed by atoms with E-state index in [-0.39, 0.29) is 12.2 Å². The van der Waals surface area contributed by atoms with Gasteiger partial charge >= 0.3 is 5.97 Å².